The summed E-state index contributed by atoms with van der Waals surface area (Å²) >= 11 is 1.76. The first-order valence-electron chi connectivity index (χ1n) is 6.83. The van der Waals surface area contributed by atoms with Crippen LogP contribution in [0.15, 0.2) is 92.2 Å². The van der Waals surface area contributed by atoms with E-state index in [1.807, 2.05) is 0 Å². The van der Waals surface area contributed by atoms with Crippen molar-refractivity contribution in [2.75, 3.05) is 0 Å². The maximum absolute atomic E-state index is 10.7. The summed E-state index contributed by atoms with van der Waals surface area (Å²) in [5.74, 6) is 0. The molecule has 0 fully saturated rings. The molecular weight excluding hydrogens is 401 g/mol. The molecule has 0 saturated carbocycles. The Morgan fingerprint density at radius 2 is 1.00 bits per heavy atom. The summed E-state index contributed by atoms with van der Waals surface area (Å²) in [4.78, 5) is 4.15. The van der Waals surface area contributed by atoms with Crippen LogP contribution in [0.1, 0.15) is 0 Å². The Kier molecular flexibility index (Phi) is 5.28. The molecule has 0 atom stereocenters. The molecule has 136 valence electrons. The molecular formula is C16H13F6PS2. The molecule has 0 aliphatic carbocycles. The van der Waals surface area contributed by atoms with Crippen LogP contribution in [0.25, 0.3) is 0 Å². The van der Waals surface area contributed by atoms with Crippen LogP contribution in [0.4, 0.5) is 25.2 Å². The monoisotopic (exact) mass is 414 g/mol. The zero-order valence-corrected chi connectivity index (χ0v) is 15.1. The van der Waals surface area contributed by atoms with Crippen LogP contribution < -0.4 is 0 Å². The van der Waals surface area contributed by atoms with Gasteiger partial charge in [0.1, 0.15) is 10.9 Å². The third-order valence-electron chi connectivity index (χ3n) is 2.69. The minimum Gasteiger partial charge on any atom is -0.147 e. The zero-order valence-electron chi connectivity index (χ0n) is 12.5. The molecule has 2 aromatic carbocycles. The van der Waals surface area contributed by atoms with E-state index in [-0.39, 0.29) is 10.9 Å². The molecule has 1 aromatic heterocycles. The van der Waals surface area contributed by atoms with Crippen LogP contribution in [0.2, 0.25) is 0 Å². The van der Waals surface area contributed by atoms with Crippen molar-refractivity contribution in [3.05, 3.63) is 77.5 Å². The summed E-state index contributed by atoms with van der Waals surface area (Å²) in [6.45, 7) is 0. The Labute approximate surface area is 147 Å². The van der Waals surface area contributed by atoms with Gasteiger partial charge < -0.3 is 0 Å². The molecule has 1 heterocycles. The molecule has 3 rings (SSSR count). The summed E-state index contributed by atoms with van der Waals surface area (Å²) in [5.41, 5.74) is 0. The number of benzene rings is 2. The fourth-order valence-corrected chi connectivity index (χ4v) is 4.92. The molecule has 0 saturated heterocycles. The summed E-state index contributed by atoms with van der Waals surface area (Å²) in [7, 11) is -10.6. The third-order valence-corrected chi connectivity index (χ3v) is 5.73. The van der Waals surface area contributed by atoms with Crippen LogP contribution in [-0.2, 0) is 10.9 Å². The van der Waals surface area contributed by atoms with E-state index in [1.54, 1.807) is 11.3 Å². The first kappa shape index (κ1) is 19.8. The van der Waals surface area contributed by atoms with Gasteiger partial charge in [0.25, 0.3) is 0 Å². The van der Waals surface area contributed by atoms with E-state index >= 15 is 0 Å². The largest absolute Gasteiger partial charge is 0.177 e. The maximum atomic E-state index is 9.87. The SMILES string of the molecule is F[P-](F)(F)(F)(F)F.c1ccc([S+](c2ccccc2)c2ccsc2)cc1. The first-order chi connectivity index (χ1) is 11.4. The maximum Gasteiger partial charge on any atom is 0.177 e. The molecule has 0 spiro atoms. The van der Waals surface area contributed by atoms with Gasteiger partial charge in [-0.3, -0.25) is 0 Å². The molecule has 25 heavy (non-hydrogen) atoms. The predicted octanol–water partition coefficient (Wildman–Crippen LogP) is 8.23. The molecule has 0 amide bonds. The fourth-order valence-electron chi connectivity index (χ4n) is 1.89. The number of rotatable bonds is 3. The molecule has 0 nitrogen and oxygen atoms in total. The van der Waals surface area contributed by atoms with E-state index in [0.29, 0.717) is 0 Å². The van der Waals surface area contributed by atoms with Gasteiger partial charge in [-0.25, -0.2) is 0 Å². The molecule has 0 aliphatic rings. The van der Waals surface area contributed by atoms with Gasteiger partial charge in [0.2, 0.25) is 0 Å². The van der Waals surface area contributed by atoms with Gasteiger partial charge in [0, 0.05) is 11.4 Å². The van der Waals surface area contributed by atoms with Crippen molar-refractivity contribution in [3.8, 4) is 0 Å². The van der Waals surface area contributed by atoms with Crippen LogP contribution >= 0.6 is 19.1 Å². The van der Waals surface area contributed by atoms with Crippen LogP contribution in [0.5, 0.6) is 0 Å². The van der Waals surface area contributed by atoms with E-state index < -0.39 is 7.81 Å². The summed E-state index contributed by atoms with van der Waals surface area (Å²) in [6, 6.07) is 23.7. The number of hydrogen-bond acceptors (Lipinski definition) is 1. The van der Waals surface area contributed by atoms with Gasteiger partial charge >= 0.3 is 33.0 Å². The average molecular weight is 414 g/mol. The van der Waals surface area contributed by atoms with Crippen molar-refractivity contribution in [1.82, 2.24) is 0 Å². The van der Waals surface area contributed by atoms with Crippen molar-refractivity contribution in [2.45, 2.75) is 14.7 Å². The van der Waals surface area contributed by atoms with Crippen LogP contribution in [0.3, 0.4) is 0 Å². The normalized spacial score (nSPS) is 14.2. The second-order valence-electron chi connectivity index (χ2n) is 4.85. The smallest absolute Gasteiger partial charge is 0.147 e. The standard InChI is InChI=1S/C16H13S2.F6P/c1-3-7-14(8-4-1)18(16-11-12-17-13-16)15-9-5-2-6-10-15;1-7(2,3,4,5)6/h1-13H;/q+1;-1. The minimum atomic E-state index is -10.7. The Morgan fingerprint density at radius 3 is 1.32 bits per heavy atom. The Bertz CT molecular complexity index is 736. The van der Waals surface area contributed by atoms with Crippen LogP contribution in [0, 0.1) is 0 Å². The second kappa shape index (κ2) is 6.67. The Morgan fingerprint density at radius 1 is 0.600 bits per heavy atom. The molecule has 3 aromatic rings. The minimum absolute atomic E-state index is 0.0269. The molecule has 0 radical (unpaired) electrons. The van der Waals surface area contributed by atoms with Crippen molar-refractivity contribution in [2.24, 2.45) is 0 Å². The van der Waals surface area contributed by atoms with Crippen molar-refractivity contribution in [3.63, 3.8) is 0 Å². The first-order valence-corrected chi connectivity index (χ1v) is 11.0. The molecule has 0 aliphatic heterocycles. The van der Waals surface area contributed by atoms with Gasteiger partial charge in [-0.1, -0.05) is 36.4 Å². The van der Waals surface area contributed by atoms with Crippen molar-refractivity contribution in [1.29, 1.82) is 0 Å². The number of hydrogen-bond donors (Lipinski definition) is 0. The zero-order chi connectivity index (χ0) is 18.6. The number of halogens is 6. The molecule has 9 heteroatoms. The number of thiophene rings is 1. The van der Waals surface area contributed by atoms with E-state index in [0.717, 1.165) is 0 Å². The summed E-state index contributed by atoms with van der Waals surface area (Å²) in [6.07, 6.45) is 0. The van der Waals surface area contributed by atoms with Gasteiger partial charge in [-0.05, 0) is 29.6 Å². The molecule has 0 N–H and O–H groups in total. The topological polar surface area (TPSA) is 0 Å². The third kappa shape index (κ3) is 8.43. The second-order valence-corrected chi connectivity index (χ2v) is 9.57. The Balaban J connectivity index is 0.000000277. The summed E-state index contributed by atoms with van der Waals surface area (Å²) in [5, 5.41) is 4.41. The summed E-state index contributed by atoms with van der Waals surface area (Å²) < 4.78 is 59.2. The van der Waals surface area contributed by atoms with Gasteiger partial charge in [-0.2, -0.15) is 0 Å². The van der Waals surface area contributed by atoms with Gasteiger partial charge in [-0.15, -0.1) is 11.3 Å². The van der Waals surface area contributed by atoms with E-state index in [4.69, 9.17) is 0 Å². The predicted molar refractivity (Wildman–Crippen MR) is 92.9 cm³/mol. The van der Waals surface area contributed by atoms with E-state index in [1.165, 1.54) is 14.7 Å². The van der Waals surface area contributed by atoms with E-state index in [9.17, 15) is 25.2 Å². The average Bonchev–Trinajstić information content (AvgIpc) is 3.01. The van der Waals surface area contributed by atoms with E-state index in [2.05, 4.69) is 77.5 Å². The molecule has 0 bridgehead atoms. The van der Waals surface area contributed by atoms with Gasteiger partial charge in [0.15, 0.2) is 14.7 Å². The van der Waals surface area contributed by atoms with Crippen molar-refractivity contribution >= 4 is 30.0 Å². The van der Waals surface area contributed by atoms with Crippen molar-refractivity contribution < 1.29 is 25.2 Å². The quantitative estimate of drug-likeness (QED) is 0.230. The fraction of sp³-hybridized carbons (Fsp3) is 0. The Hall–Kier alpha value is -1.50. The molecule has 0 unspecified atom stereocenters. The van der Waals surface area contributed by atoms with Gasteiger partial charge in [0.05, 0.1) is 0 Å². The van der Waals surface area contributed by atoms with Crippen LogP contribution in [-0.4, -0.2) is 0 Å².